The van der Waals surface area contributed by atoms with Crippen LogP contribution < -0.4 is 14.8 Å². The number of piperazine rings is 1. The number of nitrogens with one attached hydrogen (secondary N) is 1. The molecule has 1 N–H and O–H groups in total. The van der Waals surface area contributed by atoms with Gasteiger partial charge in [-0.25, -0.2) is 9.97 Å². The molecule has 4 aromatic rings. The fraction of sp³-hybridized carbons (Fsp3) is 0.357. The summed E-state index contributed by atoms with van der Waals surface area (Å²) in [6, 6.07) is 15.5. The standard InChI is InChI=1S/C28H29ClN6O3/c1-28(9-10-28)38-27-24-26(31-18-32-27)35(16-19-5-3-2-4-6-19)25(33-24)21-8-7-20(15-22(21)29)37-17-23(36)34-13-11-30-12-14-34/h2-8,15,18,30H,9-14,16-17H2,1H3. The third-order valence-electron chi connectivity index (χ3n) is 6.99. The Balaban J connectivity index is 1.32. The zero-order valence-corrected chi connectivity index (χ0v) is 21.9. The van der Waals surface area contributed by atoms with Crippen molar-refractivity contribution in [2.75, 3.05) is 32.8 Å². The fourth-order valence-corrected chi connectivity index (χ4v) is 4.80. The van der Waals surface area contributed by atoms with E-state index in [1.807, 2.05) is 34.9 Å². The molecule has 1 saturated carbocycles. The zero-order valence-electron chi connectivity index (χ0n) is 21.2. The lowest BCUT2D eigenvalue weighted by Crippen LogP contribution is -2.47. The van der Waals surface area contributed by atoms with Crippen LogP contribution in [-0.4, -0.2) is 68.7 Å². The quantitative estimate of drug-likeness (QED) is 0.367. The highest BCUT2D eigenvalue weighted by Crippen LogP contribution is 2.41. The molecule has 2 aliphatic rings. The third-order valence-corrected chi connectivity index (χ3v) is 7.31. The molecule has 0 bridgehead atoms. The number of carbonyl (C=O) groups excluding carboxylic acids is 1. The van der Waals surface area contributed by atoms with Crippen molar-refractivity contribution in [2.45, 2.75) is 31.9 Å². The summed E-state index contributed by atoms with van der Waals surface area (Å²) in [4.78, 5) is 28.2. The van der Waals surface area contributed by atoms with Crippen LogP contribution in [0.4, 0.5) is 0 Å². The Morgan fingerprint density at radius 1 is 1.11 bits per heavy atom. The van der Waals surface area contributed by atoms with Crippen LogP contribution in [-0.2, 0) is 11.3 Å². The number of fused-ring (bicyclic) bond motifs is 1. The molecule has 2 fully saturated rings. The summed E-state index contributed by atoms with van der Waals surface area (Å²) in [5.41, 5.74) is 2.90. The van der Waals surface area contributed by atoms with E-state index in [1.165, 1.54) is 6.33 Å². The average Bonchev–Trinajstić information content (AvgIpc) is 3.56. The first kappa shape index (κ1) is 24.6. The molecule has 9 nitrogen and oxygen atoms in total. The van der Waals surface area contributed by atoms with Crippen LogP contribution in [0.15, 0.2) is 54.9 Å². The van der Waals surface area contributed by atoms with Crippen LogP contribution in [0.3, 0.4) is 0 Å². The monoisotopic (exact) mass is 532 g/mol. The molecule has 196 valence electrons. The van der Waals surface area contributed by atoms with Crippen LogP contribution in [0.1, 0.15) is 25.3 Å². The molecule has 0 radical (unpaired) electrons. The highest BCUT2D eigenvalue weighted by Gasteiger charge is 2.41. The summed E-state index contributed by atoms with van der Waals surface area (Å²) < 4.78 is 14.0. The number of amides is 1. The van der Waals surface area contributed by atoms with E-state index in [2.05, 4.69) is 34.3 Å². The van der Waals surface area contributed by atoms with E-state index in [0.717, 1.165) is 37.1 Å². The molecule has 3 heterocycles. The van der Waals surface area contributed by atoms with E-state index in [9.17, 15) is 4.79 Å². The minimum atomic E-state index is -0.205. The number of benzene rings is 2. The Hall–Kier alpha value is -3.69. The molecular weight excluding hydrogens is 504 g/mol. The number of imidazole rings is 1. The second kappa shape index (κ2) is 10.2. The van der Waals surface area contributed by atoms with E-state index < -0.39 is 0 Å². The van der Waals surface area contributed by atoms with Crippen molar-refractivity contribution in [3.05, 3.63) is 65.4 Å². The Kier molecular flexibility index (Phi) is 6.63. The van der Waals surface area contributed by atoms with Gasteiger partial charge in [-0.1, -0.05) is 41.9 Å². The van der Waals surface area contributed by atoms with Gasteiger partial charge in [0.05, 0.1) is 11.6 Å². The summed E-state index contributed by atoms with van der Waals surface area (Å²) in [5, 5.41) is 3.71. The first-order chi connectivity index (χ1) is 18.5. The zero-order chi connectivity index (χ0) is 26.1. The molecule has 1 saturated heterocycles. The van der Waals surface area contributed by atoms with Crippen LogP contribution in [0.25, 0.3) is 22.6 Å². The van der Waals surface area contributed by atoms with Gasteiger partial charge in [0.25, 0.3) is 5.91 Å². The summed E-state index contributed by atoms with van der Waals surface area (Å²) in [7, 11) is 0. The van der Waals surface area contributed by atoms with Crippen molar-refractivity contribution in [2.24, 2.45) is 0 Å². The number of ether oxygens (including phenoxy) is 2. The Morgan fingerprint density at radius 3 is 2.63 bits per heavy atom. The van der Waals surface area contributed by atoms with Crippen molar-refractivity contribution < 1.29 is 14.3 Å². The van der Waals surface area contributed by atoms with Crippen molar-refractivity contribution in [1.29, 1.82) is 0 Å². The SMILES string of the molecule is CC1(Oc2ncnc3c2nc(-c2ccc(OCC(=O)N4CCNCC4)cc2Cl)n3Cc2ccccc2)CC1. The molecule has 38 heavy (non-hydrogen) atoms. The number of rotatable bonds is 8. The Morgan fingerprint density at radius 2 is 1.89 bits per heavy atom. The molecule has 1 aliphatic carbocycles. The van der Waals surface area contributed by atoms with Crippen LogP contribution in [0.5, 0.6) is 11.6 Å². The van der Waals surface area contributed by atoms with E-state index in [1.54, 1.807) is 11.0 Å². The van der Waals surface area contributed by atoms with E-state index in [-0.39, 0.29) is 18.1 Å². The van der Waals surface area contributed by atoms with Crippen LogP contribution in [0, 0.1) is 0 Å². The number of nitrogens with zero attached hydrogens (tertiary/aromatic N) is 5. The summed E-state index contributed by atoms with van der Waals surface area (Å²) in [6.45, 7) is 5.57. The molecule has 0 atom stereocenters. The molecule has 1 aliphatic heterocycles. The maximum atomic E-state index is 12.5. The minimum Gasteiger partial charge on any atom is -0.484 e. The molecule has 0 spiro atoms. The molecule has 10 heteroatoms. The van der Waals surface area contributed by atoms with Gasteiger partial charge in [-0.3, -0.25) is 4.79 Å². The largest absolute Gasteiger partial charge is 0.484 e. The predicted octanol–water partition coefficient (Wildman–Crippen LogP) is 3.94. The van der Waals surface area contributed by atoms with Crippen molar-refractivity contribution >= 4 is 28.7 Å². The average molecular weight is 533 g/mol. The summed E-state index contributed by atoms with van der Waals surface area (Å²) >= 11 is 6.78. The van der Waals surface area contributed by atoms with E-state index >= 15 is 0 Å². The minimum absolute atomic E-state index is 0.0305. The lowest BCUT2D eigenvalue weighted by atomic mass is 10.2. The van der Waals surface area contributed by atoms with Gasteiger partial charge >= 0.3 is 0 Å². The maximum absolute atomic E-state index is 12.5. The van der Waals surface area contributed by atoms with Crippen molar-refractivity contribution in [3.8, 4) is 23.0 Å². The first-order valence-corrected chi connectivity index (χ1v) is 13.2. The second-order valence-corrected chi connectivity index (χ2v) is 10.4. The van der Waals surface area contributed by atoms with Gasteiger partial charge in [-0.15, -0.1) is 0 Å². The Bertz CT molecular complexity index is 1460. The summed E-state index contributed by atoms with van der Waals surface area (Å²) in [6.07, 6.45) is 3.49. The normalized spacial score (nSPS) is 16.4. The van der Waals surface area contributed by atoms with Gasteiger partial charge in [0.1, 0.15) is 23.5 Å². The molecule has 6 rings (SSSR count). The van der Waals surface area contributed by atoms with Gasteiger partial charge < -0.3 is 24.3 Å². The van der Waals surface area contributed by atoms with Crippen LogP contribution in [0.2, 0.25) is 5.02 Å². The molecular formula is C28H29ClN6O3. The lowest BCUT2D eigenvalue weighted by Gasteiger charge is -2.27. The predicted molar refractivity (Wildman–Crippen MR) is 145 cm³/mol. The first-order valence-electron chi connectivity index (χ1n) is 12.8. The van der Waals surface area contributed by atoms with Crippen LogP contribution >= 0.6 is 11.6 Å². The highest BCUT2D eigenvalue weighted by atomic mass is 35.5. The smallest absolute Gasteiger partial charge is 0.260 e. The van der Waals surface area contributed by atoms with E-state index in [0.29, 0.717) is 53.3 Å². The summed E-state index contributed by atoms with van der Waals surface area (Å²) in [5.74, 6) is 1.62. The van der Waals surface area contributed by atoms with Gasteiger partial charge in [-0.05, 0) is 43.5 Å². The lowest BCUT2D eigenvalue weighted by molar-refractivity contribution is -0.133. The van der Waals surface area contributed by atoms with Crippen molar-refractivity contribution in [1.82, 2.24) is 29.7 Å². The highest BCUT2D eigenvalue weighted by molar-refractivity contribution is 6.33. The molecule has 1 amide bonds. The van der Waals surface area contributed by atoms with Gasteiger partial charge in [0, 0.05) is 31.7 Å². The third kappa shape index (κ3) is 5.16. The molecule has 2 aromatic carbocycles. The number of hydrogen-bond donors (Lipinski definition) is 1. The van der Waals surface area contributed by atoms with Gasteiger partial charge in [-0.2, -0.15) is 4.98 Å². The molecule has 2 aromatic heterocycles. The van der Waals surface area contributed by atoms with Crippen molar-refractivity contribution in [3.63, 3.8) is 0 Å². The number of aromatic nitrogens is 4. The topological polar surface area (TPSA) is 94.4 Å². The number of hydrogen-bond acceptors (Lipinski definition) is 7. The second-order valence-electron chi connectivity index (χ2n) is 9.97. The van der Waals surface area contributed by atoms with Gasteiger partial charge in [0.2, 0.25) is 5.88 Å². The Labute approximate surface area is 225 Å². The fourth-order valence-electron chi connectivity index (χ4n) is 4.54. The van der Waals surface area contributed by atoms with E-state index in [4.69, 9.17) is 26.1 Å². The van der Waals surface area contributed by atoms with Gasteiger partial charge in [0.15, 0.2) is 17.8 Å². The number of halogens is 1. The molecule has 0 unspecified atom stereocenters. The maximum Gasteiger partial charge on any atom is 0.260 e. The number of carbonyl (C=O) groups is 1.